The molecule has 0 aliphatic carbocycles. The maximum absolute atomic E-state index is 10.5. The Kier molecular flexibility index (Phi) is 3.82. The van der Waals surface area contributed by atoms with Crippen LogP contribution in [0, 0.1) is 0 Å². The monoisotopic (exact) mass is 158 g/mol. The molecule has 0 atom stereocenters. The van der Waals surface area contributed by atoms with Crippen LogP contribution in [0.15, 0.2) is 5.10 Å². The fraction of sp³-hybridized carbons (Fsp3) is 0.400. The lowest BCUT2D eigenvalue weighted by molar-refractivity contribution is -0.111. The molecule has 0 bridgehead atoms. The lowest BCUT2D eigenvalue weighted by atomic mass is 10.3. The normalized spacial score (nSPS) is 10.6. The Morgan fingerprint density at radius 3 is 2.27 bits per heavy atom. The van der Waals surface area contributed by atoms with Gasteiger partial charge in [0.15, 0.2) is 5.78 Å². The molecule has 0 aliphatic heterocycles. The molecule has 0 heterocycles. The number of hydrogen-bond acceptors (Lipinski definition) is 4. The van der Waals surface area contributed by atoms with Crippen LogP contribution in [0.1, 0.15) is 13.8 Å². The highest BCUT2D eigenvalue weighted by molar-refractivity contribution is 6.38. The van der Waals surface area contributed by atoms with Crippen molar-refractivity contribution in [2.24, 2.45) is 10.9 Å². The van der Waals surface area contributed by atoms with Gasteiger partial charge in [0, 0.05) is 6.92 Å². The molecule has 0 saturated heterocycles. The van der Waals surface area contributed by atoms with Crippen molar-refractivity contribution in [1.82, 2.24) is 10.9 Å². The number of rotatable bonds is 2. The van der Waals surface area contributed by atoms with E-state index in [4.69, 9.17) is 5.84 Å². The minimum absolute atomic E-state index is 0.206. The number of amides is 2. The molecule has 6 heteroatoms. The van der Waals surface area contributed by atoms with Gasteiger partial charge in [-0.3, -0.25) is 10.2 Å². The molecule has 0 rings (SSSR count). The van der Waals surface area contributed by atoms with Gasteiger partial charge >= 0.3 is 6.03 Å². The smallest absolute Gasteiger partial charge is 0.293 e. The first-order valence-corrected chi connectivity index (χ1v) is 2.89. The highest BCUT2D eigenvalue weighted by Crippen LogP contribution is 1.76. The van der Waals surface area contributed by atoms with Gasteiger partial charge in [-0.2, -0.15) is 5.10 Å². The van der Waals surface area contributed by atoms with Gasteiger partial charge in [0.2, 0.25) is 0 Å². The number of urea groups is 1. The Bertz CT molecular complexity index is 199. The van der Waals surface area contributed by atoms with Crippen LogP contribution in [0.25, 0.3) is 0 Å². The Morgan fingerprint density at radius 2 is 1.91 bits per heavy atom. The van der Waals surface area contributed by atoms with E-state index in [1.807, 2.05) is 5.43 Å². The van der Waals surface area contributed by atoms with Crippen LogP contribution in [0.2, 0.25) is 0 Å². The third-order valence-electron chi connectivity index (χ3n) is 0.966. The van der Waals surface area contributed by atoms with Crippen molar-refractivity contribution in [3.8, 4) is 0 Å². The van der Waals surface area contributed by atoms with Crippen molar-refractivity contribution in [2.75, 3.05) is 0 Å². The topological polar surface area (TPSA) is 96.6 Å². The summed E-state index contributed by atoms with van der Waals surface area (Å²) in [6, 6.07) is -0.661. The molecule has 0 aromatic rings. The van der Waals surface area contributed by atoms with E-state index < -0.39 is 6.03 Å². The van der Waals surface area contributed by atoms with Gasteiger partial charge in [-0.15, -0.1) is 0 Å². The van der Waals surface area contributed by atoms with Crippen LogP contribution in [0.4, 0.5) is 4.79 Å². The van der Waals surface area contributed by atoms with E-state index in [-0.39, 0.29) is 11.5 Å². The highest BCUT2D eigenvalue weighted by Gasteiger charge is 1.98. The van der Waals surface area contributed by atoms with E-state index in [9.17, 15) is 9.59 Å². The first-order chi connectivity index (χ1) is 5.07. The molecule has 0 radical (unpaired) electrons. The van der Waals surface area contributed by atoms with Gasteiger partial charge in [0.05, 0.1) is 0 Å². The summed E-state index contributed by atoms with van der Waals surface area (Å²) in [5.41, 5.74) is 4.01. The Balaban J connectivity index is 3.92. The zero-order valence-electron chi connectivity index (χ0n) is 6.34. The lowest BCUT2D eigenvalue weighted by Gasteiger charge is -1.97. The Labute approximate surface area is 63.8 Å². The number of nitrogens with zero attached hydrogens (tertiary/aromatic N) is 1. The second-order valence-corrected chi connectivity index (χ2v) is 1.84. The summed E-state index contributed by atoms with van der Waals surface area (Å²) in [6.45, 7) is 2.83. The molecule has 0 unspecified atom stereocenters. The average molecular weight is 158 g/mol. The number of carbonyl (C=O) groups is 2. The molecule has 0 saturated carbocycles. The maximum Gasteiger partial charge on any atom is 0.349 e. The van der Waals surface area contributed by atoms with E-state index >= 15 is 0 Å². The summed E-state index contributed by atoms with van der Waals surface area (Å²) >= 11 is 0. The van der Waals surface area contributed by atoms with Crippen LogP contribution in [-0.4, -0.2) is 17.5 Å². The molecule has 2 amide bonds. The van der Waals surface area contributed by atoms with Gasteiger partial charge in [0.25, 0.3) is 0 Å². The van der Waals surface area contributed by atoms with Crippen LogP contribution in [0.3, 0.4) is 0 Å². The highest BCUT2D eigenvalue weighted by atomic mass is 16.2. The molecule has 4 N–H and O–H groups in total. The largest absolute Gasteiger partial charge is 0.349 e. The Morgan fingerprint density at radius 1 is 1.36 bits per heavy atom. The standard InChI is InChI=1S/C5H10N4O2/c1-3(4(2)10)8-9-5(11)7-6/h6H2,1-2H3,(H2,7,9,11). The molecular formula is C5H10N4O2. The number of nitrogens with one attached hydrogen (secondary N) is 2. The first-order valence-electron chi connectivity index (χ1n) is 2.89. The number of hydrazine groups is 1. The molecule has 0 aromatic carbocycles. The van der Waals surface area contributed by atoms with Gasteiger partial charge in [-0.1, -0.05) is 0 Å². The fourth-order valence-corrected chi connectivity index (χ4v) is 0.246. The summed E-state index contributed by atoms with van der Waals surface area (Å²) < 4.78 is 0. The summed E-state index contributed by atoms with van der Waals surface area (Å²) in [5.74, 6) is 4.51. The maximum atomic E-state index is 10.5. The van der Waals surface area contributed by atoms with Gasteiger partial charge in [-0.05, 0) is 6.92 Å². The molecule has 0 aliphatic rings. The Hall–Kier alpha value is -1.43. The molecular weight excluding hydrogens is 148 g/mol. The predicted octanol–water partition coefficient (Wildman–Crippen LogP) is -0.876. The van der Waals surface area contributed by atoms with Crippen LogP contribution >= 0.6 is 0 Å². The van der Waals surface area contributed by atoms with E-state index in [1.54, 1.807) is 5.43 Å². The number of hydrogen-bond donors (Lipinski definition) is 3. The second kappa shape index (κ2) is 4.40. The number of ketones is 1. The van der Waals surface area contributed by atoms with E-state index in [0.717, 1.165) is 0 Å². The zero-order chi connectivity index (χ0) is 8.85. The minimum atomic E-state index is -0.661. The van der Waals surface area contributed by atoms with Gasteiger partial charge in [-0.25, -0.2) is 16.1 Å². The molecule has 11 heavy (non-hydrogen) atoms. The van der Waals surface area contributed by atoms with Gasteiger partial charge in [0.1, 0.15) is 5.71 Å². The first kappa shape index (κ1) is 9.57. The molecule has 62 valence electrons. The molecule has 0 fully saturated rings. The number of carbonyl (C=O) groups excluding carboxylic acids is 2. The summed E-state index contributed by atoms with van der Waals surface area (Å²) in [4.78, 5) is 20.9. The molecule has 6 nitrogen and oxygen atoms in total. The number of nitrogens with two attached hydrogens (primary N) is 1. The lowest BCUT2D eigenvalue weighted by Crippen LogP contribution is -2.37. The van der Waals surface area contributed by atoms with Crippen LogP contribution in [0.5, 0.6) is 0 Å². The summed E-state index contributed by atoms with van der Waals surface area (Å²) in [7, 11) is 0. The van der Waals surface area contributed by atoms with E-state index in [1.165, 1.54) is 13.8 Å². The zero-order valence-corrected chi connectivity index (χ0v) is 6.34. The number of Topliss-reactive ketones (excluding diaryl/α,β-unsaturated/α-hetero) is 1. The molecule has 0 spiro atoms. The van der Waals surface area contributed by atoms with Crippen molar-refractivity contribution in [2.45, 2.75) is 13.8 Å². The molecule has 0 aromatic heterocycles. The average Bonchev–Trinajstić information content (AvgIpc) is 1.99. The van der Waals surface area contributed by atoms with E-state index in [0.29, 0.717) is 0 Å². The summed E-state index contributed by atoms with van der Waals surface area (Å²) in [6.07, 6.45) is 0. The number of hydrazone groups is 1. The second-order valence-electron chi connectivity index (χ2n) is 1.84. The third kappa shape index (κ3) is 4.04. The van der Waals surface area contributed by atoms with Crippen molar-refractivity contribution < 1.29 is 9.59 Å². The van der Waals surface area contributed by atoms with Crippen molar-refractivity contribution in [1.29, 1.82) is 0 Å². The fourth-order valence-electron chi connectivity index (χ4n) is 0.246. The van der Waals surface area contributed by atoms with E-state index in [2.05, 4.69) is 5.10 Å². The summed E-state index contributed by atoms with van der Waals surface area (Å²) in [5, 5.41) is 3.42. The third-order valence-corrected chi connectivity index (χ3v) is 0.966. The quantitative estimate of drug-likeness (QED) is 0.211. The van der Waals surface area contributed by atoms with Crippen molar-refractivity contribution >= 4 is 17.5 Å². The SMILES string of the molecule is CC(=O)C(C)=NNC(=O)NN. The van der Waals surface area contributed by atoms with Crippen molar-refractivity contribution in [3.63, 3.8) is 0 Å². The van der Waals surface area contributed by atoms with Crippen molar-refractivity contribution in [3.05, 3.63) is 0 Å². The predicted molar refractivity (Wildman–Crippen MR) is 39.6 cm³/mol. The van der Waals surface area contributed by atoms with Crippen LogP contribution < -0.4 is 16.7 Å². The van der Waals surface area contributed by atoms with Crippen LogP contribution in [-0.2, 0) is 4.79 Å². The minimum Gasteiger partial charge on any atom is -0.293 e. The van der Waals surface area contributed by atoms with Gasteiger partial charge < -0.3 is 0 Å².